The maximum Gasteiger partial charge on any atom is 0 e. The van der Waals surface area contributed by atoms with Crippen LogP contribution in [0.4, 0.5) is 0 Å². The molecule has 10 radical (unpaired) electrons. The summed E-state index contributed by atoms with van der Waals surface area (Å²) in [6.07, 6.45) is 0. The Morgan fingerprint density at radius 3 is 0.400 bits per heavy atom. The first-order chi connectivity index (χ1) is 11.1. The van der Waals surface area contributed by atoms with Crippen molar-refractivity contribution in [2.45, 2.75) is 69.2 Å². The molecule has 0 unspecified atom stereocenters. The van der Waals surface area contributed by atoms with Gasteiger partial charge in [-0.05, 0) is 59.2 Å². The molecule has 0 atom stereocenters. The molecule has 0 bridgehead atoms. The van der Waals surface area contributed by atoms with Crippen LogP contribution in [0.15, 0.2) is 0 Å². The van der Waals surface area contributed by atoms with Crippen LogP contribution in [0, 0.1) is 72.5 Å². The third-order valence-electron chi connectivity index (χ3n) is 5.62. The summed E-state index contributed by atoms with van der Waals surface area (Å²) in [7, 11) is 0. The first-order valence-corrected chi connectivity index (χ1v) is 7.91. The maximum atomic E-state index is 7.50. The summed E-state index contributed by atoms with van der Waals surface area (Å²) in [4.78, 5) is 0. The van der Waals surface area contributed by atoms with Crippen LogP contribution in [0.5, 0.6) is 0 Å². The van der Waals surface area contributed by atoms with Gasteiger partial charge in [0.1, 0.15) is 0 Å². The van der Waals surface area contributed by atoms with Gasteiger partial charge in [-0.2, -0.15) is 0 Å². The third-order valence-corrected chi connectivity index (χ3v) is 5.62. The Hall–Kier alpha value is 0.350. The van der Waals surface area contributed by atoms with Crippen molar-refractivity contribution in [3.63, 3.8) is 0 Å². The molecule has 2 saturated carbocycles. The van der Waals surface area contributed by atoms with Crippen LogP contribution < -0.4 is 0 Å². The van der Waals surface area contributed by atoms with Crippen LogP contribution in [-0.2, 0) is 35.1 Å². The SMILES string of the molecule is C[C]1[C](C)[C](C)[C](C)[C]1C.C[C]1[C](C)[C](C)[C](C)[C]1C.[C-]#[O+].[C-]#[O+].[Hf]. The molecule has 0 amide bonds. The van der Waals surface area contributed by atoms with Crippen molar-refractivity contribution >= 4 is 0 Å². The largest absolute Gasteiger partial charge is 0 e. The molecule has 0 aromatic rings. The van der Waals surface area contributed by atoms with Gasteiger partial charge in [0.15, 0.2) is 0 Å². The second-order valence-corrected chi connectivity index (χ2v) is 6.25. The summed E-state index contributed by atoms with van der Waals surface area (Å²) in [5.41, 5.74) is 0. The van der Waals surface area contributed by atoms with Crippen LogP contribution in [0.1, 0.15) is 69.2 Å². The number of rotatable bonds is 0. The van der Waals surface area contributed by atoms with Crippen LogP contribution in [0.25, 0.3) is 0 Å². The molecule has 0 aromatic carbocycles. The molecule has 2 aliphatic carbocycles. The summed E-state index contributed by atoms with van der Waals surface area (Å²) in [6.45, 7) is 31.0. The Balaban J connectivity index is -0.000000312. The van der Waals surface area contributed by atoms with E-state index in [0.29, 0.717) is 0 Å². The van der Waals surface area contributed by atoms with E-state index in [1.165, 1.54) is 59.2 Å². The molecule has 0 spiro atoms. The fourth-order valence-electron chi connectivity index (χ4n) is 2.81. The Morgan fingerprint density at radius 2 is 0.360 bits per heavy atom. The van der Waals surface area contributed by atoms with Crippen LogP contribution >= 0.6 is 0 Å². The molecule has 0 aliphatic heterocycles. The normalized spacial score (nSPS) is 23.0. The smallest absolute Gasteiger partial charge is 0 e. The third kappa shape index (κ3) is 7.47. The Labute approximate surface area is 176 Å². The fourth-order valence-corrected chi connectivity index (χ4v) is 2.81. The van der Waals surface area contributed by atoms with Crippen molar-refractivity contribution in [3.8, 4) is 0 Å². The minimum atomic E-state index is 0. The van der Waals surface area contributed by atoms with Crippen molar-refractivity contribution in [1.29, 1.82) is 0 Å². The van der Waals surface area contributed by atoms with Crippen LogP contribution in [0.3, 0.4) is 0 Å². The molecule has 2 rings (SSSR count). The summed E-state index contributed by atoms with van der Waals surface area (Å²) >= 11 is 0. The van der Waals surface area contributed by atoms with E-state index in [1.807, 2.05) is 0 Å². The molecule has 0 N–H and O–H groups in total. The molecule has 0 heterocycles. The van der Waals surface area contributed by atoms with Gasteiger partial charge in [0.2, 0.25) is 0 Å². The summed E-state index contributed by atoms with van der Waals surface area (Å²) in [6, 6.07) is 0. The molecular weight excluding hydrogens is 475 g/mol. The van der Waals surface area contributed by atoms with Crippen LogP contribution in [0.2, 0.25) is 0 Å². The zero-order valence-corrected chi connectivity index (χ0v) is 20.9. The van der Waals surface area contributed by atoms with Crippen molar-refractivity contribution < 1.29 is 35.1 Å². The molecule has 2 nitrogen and oxygen atoms in total. The van der Waals surface area contributed by atoms with Gasteiger partial charge in [0.25, 0.3) is 0 Å². The average Bonchev–Trinajstić information content (AvgIpc) is 2.89. The molecular formula is C22H30HfO2. The number of hydrogen-bond donors (Lipinski definition) is 0. The van der Waals surface area contributed by atoms with Gasteiger partial charge in [-0.15, -0.1) is 0 Å². The van der Waals surface area contributed by atoms with Gasteiger partial charge in [-0.3, -0.25) is 0 Å². The van der Waals surface area contributed by atoms with E-state index in [1.54, 1.807) is 0 Å². The second-order valence-electron chi connectivity index (χ2n) is 6.25. The second kappa shape index (κ2) is 14.4. The summed E-state index contributed by atoms with van der Waals surface area (Å²) < 4.78 is 15.0. The molecule has 25 heavy (non-hydrogen) atoms. The maximum absolute atomic E-state index is 7.50. The minimum absolute atomic E-state index is 0. The van der Waals surface area contributed by atoms with Crippen LogP contribution in [-0.4, -0.2) is 0 Å². The van der Waals surface area contributed by atoms with E-state index in [9.17, 15) is 0 Å². The molecule has 0 saturated heterocycles. The standard InChI is InChI=1S/2C10H15.2CO.Hf/c2*1-6-7(2)9(4)10(5)8(6)3;2*1-2;/h2*1-5H3;;;. The van der Waals surface area contributed by atoms with Crippen molar-refractivity contribution in [2.75, 3.05) is 0 Å². The summed E-state index contributed by atoms with van der Waals surface area (Å²) in [5.74, 6) is 14.7. The van der Waals surface area contributed by atoms with Crippen molar-refractivity contribution in [2.24, 2.45) is 0 Å². The van der Waals surface area contributed by atoms with Crippen molar-refractivity contribution in [1.82, 2.24) is 0 Å². The molecule has 2 fully saturated rings. The minimum Gasteiger partial charge on any atom is 0 e. The molecule has 0 aromatic heterocycles. The molecule has 2 aliphatic rings. The molecule has 3 heteroatoms. The van der Waals surface area contributed by atoms with Gasteiger partial charge in [0, 0.05) is 25.8 Å². The quantitative estimate of drug-likeness (QED) is 0.225. The topological polar surface area (TPSA) is 39.8 Å². The Morgan fingerprint density at radius 1 is 0.320 bits per heavy atom. The predicted molar refractivity (Wildman–Crippen MR) is 97.0 cm³/mol. The van der Waals surface area contributed by atoms with Gasteiger partial charge >= 0.3 is 22.6 Å². The van der Waals surface area contributed by atoms with Crippen molar-refractivity contribution in [3.05, 3.63) is 72.5 Å². The van der Waals surface area contributed by atoms with E-state index in [-0.39, 0.29) is 25.8 Å². The average molecular weight is 505 g/mol. The zero-order chi connectivity index (χ0) is 19.8. The zero-order valence-electron chi connectivity index (χ0n) is 17.3. The number of hydrogen-bond acceptors (Lipinski definition) is 0. The summed E-state index contributed by atoms with van der Waals surface area (Å²) in [5, 5.41) is 0. The van der Waals surface area contributed by atoms with Gasteiger partial charge in [-0.25, -0.2) is 0 Å². The Kier molecular flexibility index (Phi) is 17.3. The van der Waals surface area contributed by atoms with E-state index < -0.39 is 0 Å². The van der Waals surface area contributed by atoms with Gasteiger partial charge < -0.3 is 0 Å². The fraction of sp³-hybridized carbons (Fsp3) is 0.455. The van der Waals surface area contributed by atoms with Gasteiger partial charge in [0.05, 0.1) is 0 Å². The molecule has 134 valence electrons. The first kappa shape index (κ1) is 30.1. The monoisotopic (exact) mass is 506 g/mol. The Bertz CT molecular complexity index is 253. The van der Waals surface area contributed by atoms with Gasteiger partial charge in [-0.1, -0.05) is 69.2 Å². The van der Waals surface area contributed by atoms with E-state index >= 15 is 0 Å². The van der Waals surface area contributed by atoms with E-state index in [4.69, 9.17) is 9.30 Å². The van der Waals surface area contributed by atoms with E-state index in [0.717, 1.165) is 0 Å². The van der Waals surface area contributed by atoms with E-state index in [2.05, 4.69) is 82.5 Å². The first-order valence-electron chi connectivity index (χ1n) is 7.91. The predicted octanol–water partition coefficient (Wildman–Crippen LogP) is 5.87.